The van der Waals surface area contributed by atoms with Gasteiger partial charge in [0.05, 0.1) is 22.5 Å². The van der Waals surface area contributed by atoms with E-state index < -0.39 is 0 Å². The zero-order valence-corrected chi connectivity index (χ0v) is 22.7. The maximum atomic E-state index is 10.9. The Kier molecular flexibility index (Phi) is 11.8. The standard InChI is InChI=1S/C21H26N6O2.3BrH/c22-11-14-25-12-9-17(10-13-25)23-21-24-19-3-1-2-4-20(19)26(21)15-16-5-7-18(8-6-16)27(28)29;;;/h1-8,17H,9-15,22H2,(H,23,24);3*1H. The number of halogens is 3. The van der Waals surface area contributed by atoms with Gasteiger partial charge in [-0.15, -0.1) is 50.9 Å². The van der Waals surface area contributed by atoms with Crippen molar-refractivity contribution in [2.24, 2.45) is 5.73 Å². The first-order chi connectivity index (χ1) is 14.1. The molecule has 0 bridgehead atoms. The van der Waals surface area contributed by atoms with Gasteiger partial charge in [0.25, 0.3) is 5.69 Å². The number of anilines is 1. The van der Waals surface area contributed by atoms with Crippen LogP contribution in [-0.4, -0.2) is 51.6 Å². The molecular weight excluding hydrogens is 608 g/mol. The molecule has 2 heterocycles. The smallest absolute Gasteiger partial charge is 0.269 e. The minimum absolute atomic E-state index is 0. The number of likely N-dealkylation sites (tertiary alicyclic amines) is 1. The lowest BCUT2D eigenvalue weighted by Crippen LogP contribution is -2.41. The summed E-state index contributed by atoms with van der Waals surface area (Å²) in [6.45, 7) is 4.33. The molecular formula is C21H29Br3N6O2. The molecule has 32 heavy (non-hydrogen) atoms. The Morgan fingerprint density at radius 2 is 1.72 bits per heavy atom. The topological polar surface area (TPSA) is 102 Å². The van der Waals surface area contributed by atoms with Crippen molar-refractivity contribution in [1.29, 1.82) is 0 Å². The number of nitro benzene ring substituents is 1. The van der Waals surface area contributed by atoms with Crippen molar-refractivity contribution >= 4 is 73.6 Å². The minimum atomic E-state index is -0.375. The first kappa shape index (κ1) is 28.5. The Hall–Kier alpha value is -1.53. The Morgan fingerprint density at radius 3 is 2.34 bits per heavy atom. The average Bonchev–Trinajstić information content (AvgIpc) is 3.07. The summed E-state index contributed by atoms with van der Waals surface area (Å²) >= 11 is 0. The molecule has 3 N–H and O–H groups in total. The fourth-order valence-corrected chi connectivity index (χ4v) is 3.92. The van der Waals surface area contributed by atoms with E-state index in [1.165, 1.54) is 0 Å². The second-order valence-electron chi connectivity index (χ2n) is 7.48. The van der Waals surface area contributed by atoms with Crippen LogP contribution < -0.4 is 11.1 Å². The number of fused-ring (bicyclic) bond motifs is 1. The summed E-state index contributed by atoms with van der Waals surface area (Å²) < 4.78 is 2.16. The van der Waals surface area contributed by atoms with Crippen molar-refractivity contribution in [1.82, 2.24) is 14.5 Å². The Bertz CT molecular complexity index is 991. The van der Waals surface area contributed by atoms with Gasteiger partial charge in [-0.3, -0.25) is 10.1 Å². The molecule has 1 aromatic heterocycles. The molecule has 0 saturated carbocycles. The van der Waals surface area contributed by atoms with Crippen LogP contribution in [0.25, 0.3) is 11.0 Å². The molecule has 0 atom stereocenters. The van der Waals surface area contributed by atoms with Gasteiger partial charge < -0.3 is 20.5 Å². The molecule has 0 aliphatic carbocycles. The number of benzene rings is 2. The largest absolute Gasteiger partial charge is 0.353 e. The van der Waals surface area contributed by atoms with Crippen LogP contribution in [0, 0.1) is 10.1 Å². The molecule has 1 aliphatic rings. The van der Waals surface area contributed by atoms with Gasteiger partial charge in [0, 0.05) is 44.4 Å². The number of nitrogens with zero attached hydrogens (tertiary/aromatic N) is 4. The van der Waals surface area contributed by atoms with Gasteiger partial charge >= 0.3 is 0 Å². The number of aromatic nitrogens is 2. The van der Waals surface area contributed by atoms with Gasteiger partial charge in [0.1, 0.15) is 0 Å². The van der Waals surface area contributed by atoms with E-state index in [1.807, 2.05) is 30.3 Å². The van der Waals surface area contributed by atoms with Gasteiger partial charge in [-0.1, -0.05) is 24.3 Å². The summed E-state index contributed by atoms with van der Waals surface area (Å²) in [7, 11) is 0. The zero-order valence-electron chi connectivity index (χ0n) is 17.6. The highest BCUT2D eigenvalue weighted by atomic mass is 79.9. The van der Waals surface area contributed by atoms with Crippen molar-refractivity contribution < 1.29 is 4.92 Å². The molecule has 1 fully saturated rings. The van der Waals surface area contributed by atoms with Crippen LogP contribution in [0.1, 0.15) is 18.4 Å². The number of non-ortho nitro benzene ring substituents is 1. The van der Waals surface area contributed by atoms with E-state index in [4.69, 9.17) is 10.7 Å². The molecule has 0 amide bonds. The number of hydrogen-bond acceptors (Lipinski definition) is 6. The number of hydrogen-bond donors (Lipinski definition) is 2. The fraction of sp³-hybridized carbons (Fsp3) is 0.381. The number of nitrogens with one attached hydrogen (secondary N) is 1. The second kappa shape index (κ2) is 13.2. The average molecular weight is 637 g/mol. The summed E-state index contributed by atoms with van der Waals surface area (Å²) in [5.74, 6) is 0.849. The molecule has 11 heteroatoms. The number of para-hydroxylation sites is 2. The van der Waals surface area contributed by atoms with Crippen LogP contribution in [0.4, 0.5) is 11.6 Å². The number of nitro groups is 1. The van der Waals surface area contributed by atoms with Crippen LogP contribution in [0.5, 0.6) is 0 Å². The summed E-state index contributed by atoms with van der Waals surface area (Å²) in [5.41, 5.74) is 8.77. The molecule has 0 unspecified atom stereocenters. The van der Waals surface area contributed by atoms with Crippen molar-refractivity contribution in [2.75, 3.05) is 31.5 Å². The third kappa shape index (κ3) is 6.74. The first-order valence-corrected chi connectivity index (χ1v) is 10.0. The number of rotatable bonds is 7. The molecule has 1 saturated heterocycles. The Labute approximate surface area is 219 Å². The van der Waals surface area contributed by atoms with Crippen molar-refractivity contribution in [3.8, 4) is 0 Å². The van der Waals surface area contributed by atoms with E-state index in [0.717, 1.165) is 55.0 Å². The van der Waals surface area contributed by atoms with Gasteiger partial charge in [0.2, 0.25) is 5.95 Å². The zero-order chi connectivity index (χ0) is 20.2. The third-order valence-electron chi connectivity index (χ3n) is 5.51. The van der Waals surface area contributed by atoms with E-state index in [-0.39, 0.29) is 61.6 Å². The third-order valence-corrected chi connectivity index (χ3v) is 5.51. The molecule has 0 radical (unpaired) electrons. The van der Waals surface area contributed by atoms with Gasteiger partial charge in [-0.05, 0) is 30.5 Å². The minimum Gasteiger partial charge on any atom is -0.353 e. The Balaban J connectivity index is 0.00000171. The number of nitrogens with two attached hydrogens (primary N) is 1. The highest BCUT2D eigenvalue weighted by Crippen LogP contribution is 2.24. The van der Waals surface area contributed by atoms with Gasteiger partial charge in [-0.25, -0.2) is 4.98 Å². The summed E-state index contributed by atoms with van der Waals surface area (Å²) in [4.78, 5) is 17.8. The normalized spacial score (nSPS) is 14.2. The highest BCUT2D eigenvalue weighted by molar-refractivity contribution is 8.93. The highest BCUT2D eigenvalue weighted by Gasteiger charge is 2.21. The van der Waals surface area contributed by atoms with Crippen molar-refractivity contribution in [3.05, 3.63) is 64.2 Å². The van der Waals surface area contributed by atoms with Crippen LogP contribution in [0.15, 0.2) is 48.5 Å². The van der Waals surface area contributed by atoms with E-state index in [0.29, 0.717) is 19.1 Å². The number of piperidine rings is 1. The molecule has 3 aromatic rings. The lowest BCUT2D eigenvalue weighted by Gasteiger charge is -2.32. The first-order valence-electron chi connectivity index (χ1n) is 10.0. The van der Waals surface area contributed by atoms with Crippen LogP contribution in [0.2, 0.25) is 0 Å². The predicted octanol–water partition coefficient (Wildman–Crippen LogP) is 4.56. The SMILES string of the molecule is Br.Br.Br.NCCN1CCC(Nc2nc3ccccc3n2Cc2ccc([N+](=O)[O-])cc2)CC1. The van der Waals surface area contributed by atoms with Crippen LogP contribution in [0.3, 0.4) is 0 Å². The quantitative estimate of drug-likeness (QED) is 0.291. The lowest BCUT2D eigenvalue weighted by atomic mass is 10.1. The number of imidazole rings is 1. The fourth-order valence-electron chi connectivity index (χ4n) is 3.92. The molecule has 176 valence electrons. The summed E-state index contributed by atoms with van der Waals surface area (Å²) in [6, 6.07) is 15.1. The van der Waals surface area contributed by atoms with Gasteiger partial charge in [-0.2, -0.15) is 0 Å². The maximum Gasteiger partial charge on any atom is 0.269 e. The van der Waals surface area contributed by atoms with Crippen LogP contribution in [-0.2, 0) is 6.54 Å². The molecule has 1 aliphatic heterocycles. The van der Waals surface area contributed by atoms with Crippen molar-refractivity contribution in [3.63, 3.8) is 0 Å². The Morgan fingerprint density at radius 1 is 1.06 bits per heavy atom. The van der Waals surface area contributed by atoms with Gasteiger partial charge in [0.15, 0.2) is 0 Å². The lowest BCUT2D eigenvalue weighted by molar-refractivity contribution is -0.384. The summed E-state index contributed by atoms with van der Waals surface area (Å²) in [6.07, 6.45) is 2.11. The monoisotopic (exact) mass is 634 g/mol. The van der Waals surface area contributed by atoms with E-state index in [2.05, 4.69) is 20.9 Å². The predicted molar refractivity (Wildman–Crippen MR) is 145 cm³/mol. The van der Waals surface area contributed by atoms with E-state index in [1.54, 1.807) is 12.1 Å². The van der Waals surface area contributed by atoms with E-state index in [9.17, 15) is 10.1 Å². The molecule has 2 aromatic carbocycles. The van der Waals surface area contributed by atoms with Crippen LogP contribution >= 0.6 is 50.9 Å². The second-order valence-corrected chi connectivity index (χ2v) is 7.48. The maximum absolute atomic E-state index is 10.9. The van der Waals surface area contributed by atoms with E-state index >= 15 is 0 Å². The molecule has 8 nitrogen and oxygen atoms in total. The van der Waals surface area contributed by atoms with Crippen molar-refractivity contribution in [2.45, 2.75) is 25.4 Å². The summed E-state index contributed by atoms with van der Waals surface area (Å²) in [5, 5.41) is 14.6. The molecule has 4 rings (SSSR count). The molecule has 0 spiro atoms.